The topological polar surface area (TPSA) is 62.0 Å². The number of hydrogen-bond donors (Lipinski definition) is 2. The summed E-state index contributed by atoms with van der Waals surface area (Å²) in [6.45, 7) is 6.18. The van der Waals surface area contributed by atoms with Crippen molar-refractivity contribution in [2.75, 3.05) is 0 Å². The predicted octanol–water partition coefficient (Wildman–Crippen LogP) is 3.37. The zero-order valence-electron chi connectivity index (χ0n) is 14.4. The fourth-order valence-corrected chi connectivity index (χ4v) is 3.66. The van der Waals surface area contributed by atoms with Crippen molar-refractivity contribution >= 4 is 5.91 Å². The van der Waals surface area contributed by atoms with Crippen molar-refractivity contribution in [3.8, 4) is 0 Å². The summed E-state index contributed by atoms with van der Waals surface area (Å²) in [6.07, 6.45) is 3.59. The molecule has 2 N–H and O–H groups in total. The van der Waals surface area contributed by atoms with Gasteiger partial charge in [0.15, 0.2) is 5.43 Å². The van der Waals surface area contributed by atoms with E-state index in [1.807, 2.05) is 12.1 Å². The molecule has 0 saturated heterocycles. The molecule has 0 radical (unpaired) electrons. The van der Waals surface area contributed by atoms with Gasteiger partial charge in [-0.1, -0.05) is 38.1 Å². The molecule has 4 nitrogen and oxygen atoms in total. The SMILES string of the molecule is Cc1cc(=O)c(C(=O)NC2c3ccccc3CCC2C(C)C)c[nH]1. The molecule has 0 aliphatic heterocycles. The first kappa shape index (κ1) is 16.5. The minimum atomic E-state index is -0.302. The second-order valence-corrected chi connectivity index (χ2v) is 6.99. The van der Waals surface area contributed by atoms with Crippen molar-refractivity contribution in [3.63, 3.8) is 0 Å². The molecule has 1 heterocycles. The largest absolute Gasteiger partial charge is 0.364 e. The van der Waals surface area contributed by atoms with Crippen LogP contribution in [0.25, 0.3) is 0 Å². The fourth-order valence-electron chi connectivity index (χ4n) is 3.66. The molecule has 0 fully saturated rings. The molecular weight excluding hydrogens is 300 g/mol. The number of hydrogen-bond acceptors (Lipinski definition) is 2. The third-order valence-corrected chi connectivity index (χ3v) is 5.01. The van der Waals surface area contributed by atoms with E-state index in [1.54, 1.807) is 6.92 Å². The van der Waals surface area contributed by atoms with Gasteiger partial charge in [0.1, 0.15) is 5.56 Å². The van der Waals surface area contributed by atoms with Crippen LogP contribution in [-0.4, -0.2) is 10.9 Å². The molecule has 4 heteroatoms. The number of pyridine rings is 1. The Labute approximate surface area is 142 Å². The molecule has 1 aromatic heterocycles. The number of rotatable bonds is 3. The number of carbonyl (C=O) groups is 1. The van der Waals surface area contributed by atoms with Gasteiger partial charge < -0.3 is 10.3 Å². The van der Waals surface area contributed by atoms with E-state index in [0.717, 1.165) is 18.5 Å². The number of amides is 1. The van der Waals surface area contributed by atoms with E-state index in [4.69, 9.17) is 0 Å². The minimum absolute atomic E-state index is 0.0526. The quantitative estimate of drug-likeness (QED) is 0.909. The van der Waals surface area contributed by atoms with E-state index in [9.17, 15) is 9.59 Å². The highest BCUT2D eigenvalue weighted by molar-refractivity contribution is 5.94. The van der Waals surface area contributed by atoms with Crippen LogP contribution in [0, 0.1) is 18.8 Å². The molecule has 24 heavy (non-hydrogen) atoms. The van der Waals surface area contributed by atoms with Gasteiger partial charge in [-0.3, -0.25) is 9.59 Å². The van der Waals surface area contributed by atoms with Gasteiger partial charge in [-0.15, -0.1) is 0 Å². The molecule has 2 aromatic rings. The first-order valence-electron chi connectivity index (χ1n) is 8.55. The molecule has 2 unspecified atom stereocenters. The maximum absolute atomic E-state index is 12.7. The Hall–Kier alpha value is -2.36. The van der Waals surface area contributed by atoms with Crippen LogP contribution in [0.2, 0.25) is 0 Å². The highest BCUT2D eigenvalue weighted by Gasteiger charge is 2.32. The number of nitrogens with one attached hydrogen (secondary N) is 2. The van der Waals surface area contributed by atoms with Gasteiger partial charge in [-0.25, -0.2) is 0 Å². The number of aromatic amines is 1. The molecule has 1 aromatic carbocycles. The molecule has 0 spiro atoms. The lowest BCUT2D eigenvalue weighted by molar-refractivity contribution is 0.0903. The number of aromatic nitrogens is 1. The summed E-state index contributed by atoms with van der Waals surface area (Å²) >= 11 is 0. The molecule has 0 bridgehead atoms. The Bertz CT molecular complexity index is 807. The van der Waals surface area contributed by atoms with Crippen LogP contribution in [0.3, 0.4) is 0 Å². The van der Waals surface area contributed by atoms with E-state index in [-0.39, 0.29) is 22.9 Å². The zero-order chi connectivity index (χ0) is 17.3. The summed E-state index contributed by atoms with van der Waals surface area (Å²) < 4.78 is 0. The van der Waals surface area contributed by atoms with Crippen molar-refractivity contribution < 1.29 is 4.79 Å². The third kappa shape index (κ3) is 3.14. The van der Waals surface area contributed by atoms with Crippen molar-refractivity contribution in [1.29, 1.82) is 0 Å². The molecule has 1 aliphatic rings. The second kappa shape index (κ2) is 6.63. The van der Waals surface area contributed by atoms with Crippen LogP contribution in [0.15, 0.2) is 41.3 Å². The summed E-state index contributed by atoms with van der Waals surface area (Å²) in [6, 6.07) is 9.68. The van der Waals surface area contributed by atoms with Crippen LogP contribution in [0.1, 0.15) is 53.5 Å². The van der Waals surface area contributed by atoms with E-state index >= 15 is 0 Å². The zero-order valence-corrected chi connectivity index (χ0v) is 14.4. The Morgan fingerprint density at radius 1 is 1.29 bits per heavy atom. The molecule has 2 atom stereocenters. The normalized spacial score (nSPS) is 19.8. The predicted molar refractivity (Wildman–Crippen MR) is 95.1 cm³/mol. The summed E-state index contributed by atoms with van der Waals surface area (Å²) in [7, 11) is 0. The van der Waals surface area contributed by atoms with Crippen LogP contribution in [-0.2, 0) is 6.42 Å². The summed E-state index contributed by atoms with van der Waals surface area (Å²) in [5.74, 6) is 0.525. The molecular formula is C20H24N2O2. The first-order valence-corrected chi connectivity index (χ1v) is 8.55. The monoisotopic (exact) mass is 324 g/mol. The van der Waals surface area contributed by atoms with Crippen LogP contribution in [0.5, 0.6) is 0 Å². The van der Waals surface area contributed by atoms with Crippen molar-refractivity contribution in [2.45, 2.75) is 39.7 Å². The third-order valence-electron chi connectivity index (χ3n) is 5.01. The summed E-state index contributed by atoms with van der Waals surface area (Å²) in [4.78, 5) is 27.7. The lowest BCUT2D eigenvalue weighted by Crippen LogP contribution is -2.40. The number of aryl methyl sites for hydroxylation is 2. The molecule has 1 amide bonds. The van der Waals surface area contributed by atoms with E-state index in [2.05, 4.69) is 36.3 Å². The average molecular weight is 324 g/mol. The van der Waals surface area contributed by atoms with Gasteiger partial charge in [-0.2, -0.15) is 0 Å². The van der Waals surface area contributed by atoms with E-state index in [1.165, 1.54) is 23.4 Å². The maximum Gasteiger partial charge on any atom is 0.257 e. The Morgan fingerprint density at radius 3 is 2.75 bits per heavy atom. The lowest BCUT2D eigenvalue weighted by atomic mass is 9.74. The highest BCUT2D eigenvalue weighted by atomic mass is 16.2. The van der Waals surface area contributed by atoms with Crippen LogP contribution < -0.4 is 10.7 Å². The Kier molecular flexibility index (Phi) is 4.56. The molecule has 3 rings (SSSR count). The smallest absolute Gasteiger partial charge is 0.257 e. The van der Waals surface area contributed by atoms with Gasteiger partial charge in [0.2, 0.25) is 0 Å². The average Bonchev–Trinajstić information content (AvgIpc) is 2.54. The van der Waals surface area contributed by atoms with Gasteiger partial charge in [0, 0.05) is 18.0 Å². The Morgan fingerprint density at radius 2 is 2.04 bits per heavy atom. The number of H-pyrrole nitrogens is 1. The number of fused-ring (bicyclic) bond motifs is 1. The van der Waals surface area contributed by atoms with Crippen LogP contribution >= 0.6 is 0 Å². The van der Waals surface area contributed by atoms with Gasteiger partial charge >= 0.3 is 0 Å². The molecule has 126 valence electrons. The van der Waals surface area contributed by atoms with Crippen molar-refractivity contribution in [2.24, 2.45) is 11.8 Å². The second-order valence-electron chi connectivity index (χ2n) is 6.99. The fraction of sp³-hybridized carbons (Fsp3) is 0.400. The summed E-state index contributed by atoms with van der Waals surface area (Å²) in [5, 5.41) is 3.12. The van der Waals surface area contributed by atoms with Gasteiger partial charge in [-0.05, 0) is 42.7 Å². The summed E-state index contributed by atoms with van der Waals surface area (Å²) in [5.41, 5.74) is 3.15. The van der Waals surface area contributed by atoms with Crippen molar-refractivity contribution in [3.05, 3.63) is 69.1 Å². The maximum atomic E-state index is 12.7. The molecule has 1 aliphatic carbocycles. The number of carbonyl (C=O) groups excluding carboxylic acids is 1. The first-order chi connectivity index (χ1) is 11.5. The van der Waals surface area contributed by atoms with Crippen molar-refractivity contribution in [1.82, 2.24) is 10.3 Å². The van der Waals surface area contributed by atoms with E-state index in [0.29, 0.717) is 11.8 Å². The van der Waals surface area contributed by atoms with E-state index < -0.39 is 0 Å². The van der Waals surface area contributed by atoms with Gasteiger partial charge in [0.05, 0.1) is 6.04 Å². The molecule has 0 saturated carbocycles. The highest BCUT2D eigenvalue weighted by Crippen LogP contribution is 2.38. The number of benzene rings is 1. The minimum Gasteiger partial charge on any atom is -0.364 e. The van der Waals surface area contributed by atoms with Gasteiger partial charge in [0.25, 0.3) is 5.91 Å². The van der Waals surface area contributed by atoms with Crippen LogP contribution in [0.4, 0.5) is 0 Å². The Balaban J connectivity index is 1.93. The standard InChI is InChI=1S/C20H24N2O2/c1-12(2)15-9-8-14-6-4-5-7-16(14)19(15)22-20(24)17-11-21-13(3)10-18(17)23/h4-7,10-12,15,19H,8-9H2,1-3H3,(H,21,23)(H,22,24). The lowest BCUT2D eigenvalue weighted by Gasteiger charge is -2.36.